The zero-order valence-electron chi connectivity index (χ0n) is 17.4. The molecule has 0 bridgehead atoms. The Morgan fingerprint density at radius 2 is 1.77 bits per heavy atom. The Bertz CT molecular complexity index is 1070. The molecule has 6 rings (SSSR count). The Morgan fingerprint density at radius 3 is 2.52 bits per heavy atom. The van der Waals surface area contributed by atoms with Crippen molar-refractivity contribution < 1.29 is 13.2 Å². The first kappa shape index (κ1) is 19.6. The fraction of sp³-hybridized carbons (Fsp3) is 0.591. The Labute approximate surface area is 182 Å². The summed E-state index contributed by atoms with van der Waals surface area (Å²) in [5.41, 5.74) is 2.10. The highest BCUT2D eigenvalue weighted by Crippen LogP contribution is 2.40. The molecule has 31 heavy (non-hydrogen) atoms. The molecule has 2 atom stereocenters. The van der Waals surface area contributed by atoms with Gasteiger partial charge in [0.2, 0.25) is 15.9 Å². The number of pyridine rings is 1. The van der Waals surface area contributed by atoms with Crippen LogP contribution in [0.5, 0.6) is 5.88 Å². The van der Waals surface area contributed by atoms with Crippen LogP contribution in [0.2, 0.25) is 0 Å². The van der Waals surface area contributed by atoms with E-state index in [0.29, 0.717) is 42.2 Å². The van der Waals surface area contributed by atoms with Crippen LogP contribution >= 0.6 is 0 Å². The minimum Gasteiger partial charge on any atom is -0.472 e. The van der Waals surface area contributed by atoms with Crippen molar-refractivity contribution in [3.63, 3.8) is 0 Å². The number of piperazine rings is 1. The maximum atomic E-state index is 13.3. The van der Waals surface area contributed by atoms with E-state index in [-0.39, 0.29) is 12.1 Å². The van der Waals surface area contributed by atoms with Crippen LogP contribution in [-0.4, -0.2) is 70.9 Å². The highest BCUT2D eigenvalue weighted by molar-refractivity contribution is 7.89. The molecule has 4 heterocycles. The van der Waals surface area contributed by atoms with Crippen LogP contribution in [0.25, 0.3) is 0 Å². The fourth-order valence-electron chi connectivity index (χ4n) is 4.78. The molecule has 2 aromatic rings. The van der Waals surface area contributed by atoms with Crippen LogP contribution in [0.15, 0.2) is 35.7 Å². The van der Waals surface area contributed by atoms with Gasteiger partial charge in [-0.1, -0.05) is 0 Å². The molecule has 2 aliphatic carbocycles. The molecule has 164 valence electrons. The molecule has 0 radical (unpaired) electrons. The van der Waals surface area contributed by atoms with E-state index >= 15 is 0 Å². The monoisotopic (exact) mass is 441 g/mol. The molecule has 0 amide bonds. The molecule has 2 saturated heterocycles. The van der Waals surface area contributed by atoms with E-state index in [1.165, 1.54) is 19.0 Å². The molecule has 9 heteroatoms. The first-order chi connectivity index (χ1) is 15.1. The van der Waals surface area contributed by atoms with Gasteiger partial charge in [-0.05, 0) is 43.2 Å². The topological polar surface area (TPSA) is 88.5 Å². The zero-order valence-corrected chi connectivity index (χ0v) is 18.2. The van der Waals surface area contributed by atoms with E-state index < -0.39 is 10.0 Å². The van der Waals surface area contributed by atoms with Crippen LogP contribution in [-0.2, 0) is 10.0 Å². The summed E-state index contributed by atoms with van der Waals surface area (Å²) in [5, 5.41) is 0. The molecular weight excluding hydrogens is 414 g/mol. The highest BCUT2D eigenvalue weighted by Gasteiger charge is 2.41. The lowest BCUT2D eigenvalue weighted by atomic mass is 10.2. The summed E-state index contributed by atoms with van der Waals surface area (Å²) >= 11 is 0. The van der Waals surface area contributed by atoms with Gasteiger partial charge in [-0.2, -0.15) is 4.31 Å². The van der Waals surface area contributed by atoms with E-state index in [1.807, 2.05) is 12.3 Å². The van der Waals surface area contributed by atoms with E-state index in [0.717, 1.165) is 37.1 Å². The lowest BCUT2D eigenvalue weighted by Crippen LogP contribution is -2.51. The third-order valence-electron chi connectivity index (χ3n) is 6.89. The number of aromatic nitrogens is 3. The molecule has 2 saturated carbocycles. The summed E-state index contributed by atoms with van der Waals surface area (Å²) in [6, 6.07) is 1.98. The minimum atomic E-state index is -3.53. The van der Waals surface area contributed by atoms with Gasteiger partial charge in [0.1, 0.15) is 11.0 Å². The second-order valence-electron chi connectivity index (χ2n) is 9.27. The van der Waals surface area contributed by atoms with E-state index in [4.69, 9.17) is 4.74 Å². The van der Waals surface area contributed by atoms with Crippen LogP contribution in [0, 0.1) is 0 Å². The quantitative estimate of drug-likeness (QED) is 0.679. The van der Waals surface area contributed by atoms with Crippen molar-refractivity contribution in [1.29, 1.82) is 0 Å². The second-order valence-corrected chi connectivity index (χ2v) is 11.2. The fourth-order valence-corrected chi connectivity index (χ4v) is 6.25. The lowest BCUT2D eigenvalue weighted by Gasteiger charge is -2.36. The first-order valence-electron chi connectivity index (χ1n) is 11.2. The van der Waals surface area contributed by atoms with Crippen molar-refractivity contribution in [1.82, 2.24) is 24.2 Å². The number of rotatable bonds is 6. The van der Waals surface area contributed by atoms with Gasteiger partial charge in [-0.15, -0.1) is 0 Å². The molecule has 2 aromatic heterocycles. The number of hydrogen-bond donors (Lipinski definition) is 0. The summed E-state index contributed by atoms with van der Waals surface area (Å²) in [7, 11) is -3.53. The number of hydrogen-bond acceptors (Lipinski definition) is 7. The summed E-state index contributed by atoms with van der Waals surface area (Å²) in [6.45, 7) is 2.49. The van der Waals surface area contributed by atoms with Crippen molar-refractivity contribution in [2.45, 2.75) is 61.0 Å². The number of ether oxygens (including phenoxy) is 1. The predicted octanol–water partition coefficient (Wildman–Crippen LogP) is 2.15. The minimum absolute atomic E-state index is 0.00795. The molecule has 8 nitrogen and oxygen atoms in total. The largest absolute Gasteiger partial charge is 0.472 e. The van der Waals surface area contributed by atoms with Gasteiger partial charge in [0.15, 0.2) is 0 Å². The average molecular weight is 442 g/mol. The summed E-state index contributed by atoms with van der Waals surface area (Å²) in [6.07, 6.45) is 12.3. The molecule has 0 unspecified atom stereocenters. The normalized spacial score (nSPS) is 27.2. The van der Waals surface area contributed by atoms with Crippen molar-refractivity contribution in [3.05, 3.63) is 42.1 Å². The van der Waals surface area contributed by atoms with Gasteiger partial charge >= 0.3 is 0 Å². The van der Waals surface area contributed by atoms with E-state index in [9.17, 15) is 8.42 Å². The maximum Gasteiger partial charge on any atom is 0.244 e. The van der Waals surface area contributed by atoms with Gasteiger partial charge in [0.25, 0.3) is 0 Å². The smallest absolute Gasteiger partial charge is 0.244 e. The second kappa shape index (κ2) is 7.50. The molecule has 0 aromatic carbocycles. The number of fused-ring (bicyclic) bond motifs is 1. The van der Waals surface area contributed by atoms with Crippen molar-refractivity contribution in [2.75, 3.05) is 26.2 Å². The zero-order chi connectivity index (χ0) is 21.0. The first-order valence-corrected chi connectivity index (χ1v) is 12.7. The molecule has 4 aliphatic rings. The van der Waals surface area contributed by atoms with Gasteiger partial charge in [0, 0.05) is 57.0 Å². The summed E-state index contributed by atoms with van der Waals surface area (Å²) in [5.74, 6) is 1.62. The van der Waals surface area contributed by atoms with E-state index in [1.54, 1.807) is 16.7 Å². The predicted molar refractivity (Wildman–Crippen MR) is 113 cm³/mol. The lowest BCUT2D eigenvalue weighted by molar-refractivity contribution is 0.151. The van der Waals surface area contributed by atoms with E-state index in [2.05, 4.69) is 19.9 Å². The van der Waals surface area contributed by atoms with Gasteiger partial charge in [0.05, 0.1) is 18.1 Å². The van der Waals surface area contributed by atoms with Crippen molar-refractivity contribution in [3.8, 4) is 5.88 Å². The van der Waals surface area contributed by atoms with Crippen LogP contribution in [0.3, 0.4) is 0 Å². The molecule has 0 spiro atoms. The van der Waals surface area contributed by atoms with Gasteiger partial charge in [-0.3, -0.25) is 14.9 Å². The van der Waals surface area contributed by atoms with Crippen molar-refractivity contribution in [2.24, 2.45) is 0 Å². The summed E-state index contributed by atoms with van der Waals surface area (Å²) in [4.78, 5) is 15.8. The average Bonchev–Trinajstić information content (AvgIpc) is 3.70. The van der Waals surface area contributed by atoms with Crippen LogP contribution < -0.4 is 4.74 Å². The molecule has 0 N–H and O–H groups in total. The Kier molecular flexibility index (Phi) is 4.73. The Morgan fingerprint density at radius 1 is 0.935 bits per heavy atom. The maximum absolute atomic E-state index is 13.3. The summed E-state index contributed by atoms with van der Waals surface area (Å²) < 4.78 is 34.2. The molecule has 4 fully saturated rings. The Balaban J connectivity index is 1.11. The highest BCUT2D eigenvalue weighted by atomic mass is 32.2. The standard InChI is InChI=1S/C22H27N5O3S/c28-31(29,20-7-17(9-23-10-20)15-1-2-15)27-6-5-26-14-19(8-18(26)13-27)30-22-12-24-21(11-25-22)16-3-4-16/h7,9-12,15-16,18-19H,1-6,8,13-14H2/t18-,19-/m0/s1. The number of nitrogens with zero attached hydrogens (tertiary/aromatic N) is 5. The Hall–Kier alpha value is -2.10. The van der Waals surface area contributed by atoms with Crippen LogP contribution in [0.4, 0.5) is 0 Å². The third-order valence-corrected chi connectivity index (χ3v) is 8.72. The molecular formula is C22H27N5O3S. The van der Waals surface area contributed by atoms with Gasteiger partial charge in [-0.25, -0.2) is 13.4 Å². The SMILES string of the molecule is O=S(=O)(c1cncc(C2CC2)c1)N1CCN2C[C@@H](Oc3cnc(C4CC4)cn3)C[C@H]2C1. The molecule has 2 aliphatic heterocycles. The number of sulfonamides is 1. The van der Waals surface area contributed by atoms with Crippen LogP contribution in [0.1, 0.15) is 55.2 Å². The van der Waals surface area contributed by atoms with Gasteiger partial charge < -0.3 is 4.74 Å². The third kappa shape index (κ3) is 3.94. The van der Waals surface area contributed by atoms with Crippen molar-refractivity contribution >= 4 is 10.0 Å².